The van der Waals surface area contributed by atoms with Gasteiger partial charge in [0.1, 0.15) is 17.4 Å². The van der Waals surface area contributed by atoms with Gasteiger partial charge in [-0.05, 0) is 23.9 Å². The molecule has 0 radical (unpaired) electrons. The maximum atomic E-state index is 12.4. The molecule has 0 saturated carbocycles. The van der Waals surface area contributed by atoms with Crippen molar-refractivity contribution in [2.24, 2.45) is 0 Å². The third kappa shape index (κ3) is 3.79. The number of esters is 1. The van der Waals surface area contributed by atoms with Gasteiger partial charge in [-0.15, -0.1) is 0 Å². The molecule has 8 heteroatoms. The highest BCUT2D eigenvalue weighted by Gasteiger charge is 2.32. The lowest BCUT2D eigenvalue weighted by molar-refractivity contribution is -0.0328. The third-order valence-corrected chi connectivity index (χ3v) is 2.82. The van der Waals surface area contributed by atoms with E-state index >= 15 is 0 Å². The third-order valence-electron chi connectivity index (χ3n) is 2.04. The fourth-order valence-corrected chi connectivity index (χ4v) is 1.99. The highest BCUT2D eigenvalue weighted by atomic mass is 32.2. The lowest BCUT2D eigenvalue weighted by Crippen LogP contribution is -2.06. The largest absolute Gasteiger partial charge is 0.495 e. The molecular formula is C11H8F3NO3S. The molecule has 0 saturated heterocycles. The second-order valence-corrected chi connectivity index (χ2v) is 4.31. The molecule has 0 bridgehead atoms. The summed E-state index contributed by atoms with van der Waals surface area (Å²) in [6, 6.07) is 3.73. The van der Waals surface area contributed by atoms with Crippen LogP contribution in [0.1, 0.15) is 15.9 Å². The van der Waals surface area contributed by atoms with E-state index in [4.69, 9.17) is 10.00 Å². The van der Waals surface area contributed by atoms with E-state index in [1.807, 2.05) is 0 Å². The van der Waals surface area contributed by atoms with E-state index in [9.17, 15) is 18.0 Å². The summed E-state index contributed by atoms with van der Waals surface area (Å²) in [4.78, 5) is 10.9. The summed E-state index contributed by atoms with van der Waals surface area (Å²) in [5, 5.41) is 8.89. The number of methoxy groups -OCH3 is 2. The number of nitriles is 1. The molecule has 4 nitrogen and oxygen atoms in total. The van der Waals surface area contributed by atoms with Gasteiger partial charge in [-0.1, -0.05) is 0 Å². The smallest absolute Gasteiger partial charge is 0.446 e. The van der Waals surface area contributed by atoms with Gasteiger partial charge in [0, 0.05) is 4.90 Å². The molecule has 0 aliphatic carbocycles. The fourth-order valence-electron chi connectivity index (χ4n) is 1.30. The van der Waals surface area contributed by atoms with Crippen LogP contribution in [0.4, 0.5) is 13.2 Å². The van der Waals surface area contributed by atoms with Gasteiger partial charge >= 0.3 is 11.5 Å². The average Bonchev–Trinajstić information content (AvgIpc) is 2.34. The minimum atomic E-state index is -4.58. The number of carbonyl (C=O) groups excluding carboxylic acids is 1. The molecule has 1 aromatic carbocycles. The molecule has 0 aliphatic heterocycles. The first-order valence-corrected chi connectivity index (χ1v) is 5.60. The predicted octanol–water partition coefficient (Wildman–Crippen LogP) is 2.97. The highest BCUT2D eigenvalue weighted by Crippen LogP contribution is 2.41. The van der Waals surface area contributed by atoms with Crippen molar-refractivity contribution in [3.05, 3.63) is 23.3 Å². The van der Waals surface area contributed by atoms with Crippen molar-refractivity contribution in [2.45, 2.75) is 10.4 Å². The summed E-state index contributed by atoms with van der Waals surface area (Å²) in [6.45, 7) is 0. The van der Waals surface area contributed by atoms with Crippen LogP contribution in [-0.2, 0) is 4.74 Å². The molecule has 1 rings (SSSR count). The van der Waals surface area contributed by atoms with Gasteiger partial charge < -0.3 is 9.47 Å². The molecule has 0 atom stereocenters. The lowest BCUT2D eigenvalue weighted by atomic mass is 10.1. The first-order chi connectivity index (χ1) is 8.82. The summed E-state index contributed by atoms with van der Waals surface area (Å²) >= 11 is -0.487. The average molecular weight is 291 g/mol. The Labute approximate surface area is 111 Å². The second kappa shape index (κ2) is 5.84. The Balaban J connectivity index is 3.41. The van der Waals surface area contributed by atoms with Gasteiger partial charge in [-0.2, -0.15) is 18.4 Å². The zero-order chi connectivity index (χ0) is 14.6. The Morgan fingerprint density at radius 1 is 1.37 bits per heavy atom. The van der Waals surface area contributed by atoms with E-state index in [0.717, 1.165) is 19.2 Å². The first kappa shape index (κ1) is 15.2. The molecule has 0 spiro atoms. The second-order valence-electron chi connectivity index (χ2n) is 3.20. The molecule has 0 amide bonds. The quantitative estimate of drug-likeness (QED) is 0.633. The summed E-state index contributed by atoms with van der Waals surface area (Å²) in [5.74, 6) is -0.927. The molecule has 19 heavy (non-hydrogen) atoms. The predicted molar refractivity (Wildman–Crippen MR) is 61.0 cm³/mol. The SMILES string of the molecule is COC(=O)c1cc(OC)c(C#N)c(SC(F)(F)F)c1. The number of alkyl halides is 3. The van der Waals surface area contributed by atoms with Crippen LogP contribution in [0, 0.1) is 11.3 Å². The number of halogens is 3. The van der Waals surface area contributed by atoms with Gasteiger partial charge in [0.2, 0.25) is 0 Å². The summed E-state index contributed by atoms with van der Waals surface area (Å²) in [7, 11) is 2.29. The lowest BCUT2D eigenvalue weighted by Gasteiger charge is -2.12. The first-order valence-electron chi connectivity index (χ1n) is 4.78. The molecule has 0 heterocycles. The number of ether oxygens (including phenoxy) is 2. The van der Waals surface area contributed by atoms with Gasteiger partial charge in [0.05, 0.1) is 19.8 Å². The van der Waals surface area contributed by atoms with Crippen molar-refractivity contribution in [3.8, 4) is 11.8 Å². The van der Waals surface area contributed by atoms with Crippen LogP contribution in [0.2, 0.25) is 0 Å². The molecule has 0 unspecified atom stereocenters. The zero-order valence-corrected chi connectivity index (χ0v) is 10.7. The van der Waals surface area contributed by atoms with E-state index in [1.54, 1.807) is 6.07 Å². The topological polar surface area (TPSA) is 59.3 Å². The van der Waals surface area contributed by atoms with Crippen LogP contribution in [0.5, 0.6) is 5.75 Å². The Bertz CT molecular complexity index is 537. The number of rotatable bonds is 3. The van der Waals surface area contributed by atoms with E-state index < -0.39 is 28.1 Å². The van der Waals surface area contributed by atoms with Crippen LogP contribution in [0.25, 0.3) is 0 Å². The minimum Gasteiger partial charge on any atom is -0.495 e. The van der Waals surface area contributed by atoms with Crippen molar-refractivity contribution in [3.63, 3.8) is 0 Å². The number of hydrogen-bond acceptors (Lipinski definition) is 5. The van der Waals surface area contributed by atoms with Gasteiger partial charge in [-0.25, -0.2) is 4.79 Å². The van der Waals surface area contributed by atoms with Crippen molar-refractivity contribution in [1.29, 1.82) is 5.26 Å². The molecule has 0 fully saturated rings. The van der Waals surface area contributed by atoms with Crippen molar-refractivity contribution in [1.82, 2.24) is 0 Å². The maximum absolute atomic E-state index is 12.4. The van der Waals surface area contributed by atoms with Gasteiger partial charge in [0.25, 0.3) is 0 Å². The fraction of sp³-hybridized carbons (Fsp3) is 0.273. The monoisotopic (exact) mass is 291 g/mol. The van der Waals surface area contributed by atoms with Crippen molar-refractivity contribution >= 4 is 17.7 Å². The van der Waals surface area contributed by atoms with E-state index in [0.29, 0.717) is 0 Å². The standard InChI is InChI=1S/C11H8F3NO3S/c1-17-8-3-6(10(16)18-2)4-9(7(8)5-15)19-11(12,13)14/h3-4H,1-2H3. The molecule has 0 aliphatic rings. The van der Waals surface area contributed by atoms with Crippen molar-refractivity contribution < 1.29 is 27.4 Å². The Morgan fingerprint density at radius 3 is 2.42 bits per heavy atom. The van der Waals surface area contributed by atoms with E-state index in [2.05, 4.69) is 4.74 Å². The van der Waals surface area contributed by atoms with Crippen LogP contribution in [0.3, 0.4) is 0 Å². The molecule has 0 N–H and O–H groups in total. The minimum absolute atomic E-state index is 0.114. The summed E-state index contributed by atoms with van der Waals surface area (Å²) < 4.78 is 46.5. The molecule has 0 aromatic heterocycles. The number of thioether (sulfide) groups is 1. The number of carbonyl (C=O) groups is 1. The summed E-state index contributed by atoms with van der Waals surface area (Å²) in [6.07, 6.45) is 0. The Morgan fingerprint density at radius 2 is 2.00 bits per heavy atom. The normalized spacial score (nSPS) is 10.7. The summed E-state index contributed by atoms with van der Waals surface area (Å²) in [5.41, 5.74) is -4.98. The van der Waals surface area contributed by atoms with Gasteiger partial charge in [-0.3, -0.25) is 0 Å². The molecular weight excluding hydrogens is 283 g/mol. The molecule has 102 valence electrons. The highest BCUT2D eigenvalue weighted by molar-refractivity contribution is 8.00. The number of benzene rings is 1. The van der Waals surface area contributed by atoms with Crippen molar-refractivity contribution in [2.75, 3.05) is 14.2 Å². The van der Waals surface area contributed by atoms with Crippen LogP contribution in [-0.4, -0.2) is 25.7 Å². The van der Waals surface area contributed by atoms with Crippen LogP contribution in [0.15, 0.2) is 17.0 Å². The Hall–Kier alpha value is -1.88. The number of nitrogens with zero attached hydrogens (tertiary/aromatic N) is 1. The molecule has 1 aromatic rings. The zero-order valence-electron chi connectivity index (χ0n) is 9.87. The van der Waals surface area contributed by atoms with E-state index in [-0.39, 0.29) is 16.9 Å². The maximum Gasteiger partial charge on any atom is 0.446 e. The Kier molecular flexibility index (Phi) is 4.67. The van der Waals surface area contributed by atoms with Crippen LogP contribution < -0.4 is 4.74 Å². The number of hydrogen-bond donors (Lipinski definition) is 0. The van der Waals surface area contributed by atoms with Crippen LogP contribution >= 0.6 is 11.8 Å². The van der Waals surface area contributed by atoms with E-state index in [1.165, 1.54) is 7.11 Å². The van der Waals surface area contributed by atoms with Gasteiger partial charge in [0.15, 0.2) is 0 Å².